The van der Waals surface area contributed by atoms with Gasteiger partial charge in [0.25, 0.3) is 11.8 Å². The summed E-state index contributed by atoms with van der Waals surface area (Å²) in [7, 11) is 1.54. The Balaban J connectivity index is 1.72. The van der Waals surface area contributed by atoms with E-state index < -0.39 is 5.91 Å². The fraction of sp³-hybridized carbons (Fsp3) is 0.368. The Morgan fingerprint density at radius 2 is 2.04 bits per heavy atom. The molecule has 0 saturated heterocycles. The summed E-state index contributed by atoms with van der Waals surface area (Å²) in [5, 5.41) is 3.30. The molecule has 0 bridgehead atoms. The van der Waals surface area contributed by atoms with E-state index in [1.165, 1.54) is 11.3 Å². The minimum absolute atomic E-state index is 0.183. The first-order chi connectivity index (χ1) is 12.5. The third-order valence-electron chi connectivity index (χ3n) is 4.44. The number of thiophene rings is 1. The van der Waals surface area contributed by atoms with Gasteiger partial charge in [-0.3, -0.25) is 9.59 Å². The summed E-state index contributed by atoms with van der Waals surface area (Å²) in [5.41, 5.74) is 7.00. The van der Waals surface area contributed by atoms with E-state index in [-0.39, 0.29) is 12.5 Å². The van der Waals surface area contributed by atoms with Crippen molar-refractivity contribution in [1.29, 1.82) is 0 Å². The molecular formula is C19H22N2O4S. The monoisotopic (exact) mass is 374 g/mol. The van der Waals surface area contributed by atoms with Crippen molar-refractivity contribution in [3.8, 4) is 11.5 Å². The third kappa shape index (κ3) is 3.83. The lowest BCUT2D eigenvalue weighted by Gasteiger charge is -2.18. The summed E-state index contributed by atoms with van der Waals surface area (Å²) in [5.74, 6) is 0.764. The SMILES string of the molecule is COc1ccccc1OCC(=O)Nc1sc2c(c1C(N)=O)CC[C@@H](C)C2. The molecule has 0 saturated carbocycles. The van der Waals surface area contributed by atoms with E-state index in [1.54, 1.807) is 25.3 Å². The zero-order valence-electron chi connectivity index (χ0n) is 14.8. The lowest BCUT2D eigenvalue weighted by molar-refractivity contribution is -0.118. The summed E-state index contributed by atoms with van der Waals surface area (Å²) < 4.78 is 10.7. The van der Waals surface area contributed by atoms with Crippen LogP contribution in [-0.4, -0.2) is 25.5 Å². The highest BCUT2D eigenvalue weighted by molar-refractivity contribution is 7.17. The summed E-state index contributed by atoms with van der Waals surface area (Å²) in [6.07, 6.45) is 2.75. The maximum absolute atomic E-state index is 12.3. The van der Waals surface area contributed by atoms with Gasteiger partial charge in [0.05, 0.1) is 12.7 Å². The van der Waals surface area contributed by atoms with Gasteiger partial charge in [-0.05, 0) is 42.9 Å². The van der Waals surface area contributed by atoms with Crippen molar-refractivity contribution in [2.45, 2.75) is 26.2 Å². The molecule has 0 spiro atoms. The predicted octanol–water partition coefficient (Wildman–Crippen LogP) is 3.00. The predicted molar refractivity (Wildman–Crippen MR) is 101 cm³/mol. The first-order valence-corrected chi connectivity index (χ1v) is 9.31. The molecule has 0 unspecified atom stereocenters. The highest BCUT2D eigenvalue weighted by Gasteiger charge is 2.27. The van der Waals surface area contributed by atoms with E-state index in [9.17, 15) is 9.59 Å². The van der Waals surface area contributed by atoms with Crippen LogP contribution in [0.4, 0.5) is 5.00 Å². The minimum Gasteiger partial charge on any atom is -0.493 e. The molecule has 2 aromatic rings. The molecule has 1 aromatic heterocycles. The molecule has 1 heterocycles. The van der Waals surface area contributed by atoms with Crippen LogP contribution < -0.4 is 20.5 Å². The van der Waals surface area contributed by atoms with Crippen molar-refractivity contribution < 1.29 is 19.1 Å². The quantitative estimate of drug-likeness (QED) is 0.813. The molecule has 0 fully saturated rings. The fourth-order valence-corrected chi connectivity index (χ4v) is 4.58. The molecule has 1 aliphatic rings. The molecule has 1 atom stereocenters. The number of anilines is 1. The Bertz CT molecular complexity index is 831. The number of ether oxygens (including phenoxy) is 2. The molecular weight excluding hydrogens is 352 g/mol. The van der Waals surface area contributed by atoms with E-state index in [1.807, 2.05) is 6.07 Å². The number of amides is 2. The van der Waals surface area contributed by atoms with Gasteiger partial charge in [-0.25, -0.2) is 0 Å². The highest BCUT2D eigenvalue weighted by atomic mass is 32.1. The van der Waals surface area contributed by atoms with Gasteiger partial charge in [0.2, 0.25) is 0 Å². The molecule has 138 valence electrons. The Kier molecular flexibility index (Phi) is 5.46. The standard InChI is InChI=1S/C19H22N2O4S/c1-11-7-8-12-15(9-11)26-19(17(12)18(20)23)21-16(22)10-25-14-6-4-3-5-13(14)24-2/h3-6,11H,7-10H2,1-2H3,(H2,20,23)(H,21,22)/t11-/m1/s1. The largest absolute Gasteiger partial charge is 0.493 e. The van der Waals surface area contributed by atoms with E-state index in [0.29, 0.717) is 28.0 Å². The van der Waals surface area contributed by atoms with Gasteiger partial charge < -0.3 is 20.5 Å². The molecule has 6 nitrogen and oxygen atoms in total. The molecule has 26 heavy (non-hydrogen) atoms. The number of hydrogen-bond donors (Lipinski definition) is 2. The van der Waals surface area contributed by atoms with Crippen LogP contribution in [-0.2, 0) is 17.6 Å². The first kappa shape index (κ1) is 18.3. The Hall–Kier alpha value is -2.54. The molecule has 2 amide bonds. The fourth-order valence-electron chi connectivity index (χ4n) is 3.14. The van der Waals surface area contributed by atoms with Gasteiger partial charge in [0, 0.05) is 4.88 Å². The lowest BCUT2D eigenvalue weighted by Crippen LogP contribution is -2.22. The third-order valence-corrected chi connectivity index (χ3v) is 5.61. The van der Waals surface area contributed by atoms with Gasteiger partial charge in [-0.2, -0.15) is 0 Å². The maximum Gasteiger partial charge on any atom is 0.262 e. The number of nitrogens with one attached hydrogen (secondary N) is 1. The number of benzene rings is 1. The zero-order valence-corrected chi connectivity index (χ0v) is 15.7. The van der Waals surface area contributed by atoms with Crippen LogP contribution in [0.15, 0.2) is 24.3 Å². The normalized spacial score (nSPS) is 15.8. The number of rotatable bonds is 6. The molecule has 1 aromatic carbocycles. The Labute approximate surface area is 156 Å². The molecule has 0 aliphatic heterocycles. The van der Waals surface area contributed by atoms with Gasteiger partial charge in [0.1, 0.15) is 5.00 Å². The minimum atomic E-state index is -0.502. The van der Waals surface area contributed by atoms with Gasteiger partial charge >= 0.3 is 0 Å². The van der Waals surface area contributed by atoms with E-state index in [4.69, 9.17) is 15.2 Å². The van der Waals surface area contributed by atoms with Crippen molar-refractivity contribution in [3.05, 3.63) is 40.3 Å². The maximum atomic E-state index is 12.3. The second-order valence-corrected chi connectivity index (χ2v) is 7.51. The number of primary amides is 1. The number of para-hydroxylation sites is 2. The van der Waals surface area contributed by atoms with Crippen LogP contribution in [0.5, 0.6) is 11.5 Å². The number of hydrogen-bond acceptors (Lipinski definition) is 5. The summed E-state index contributed by atoms with van der Waals surface area (Å²) >= 11 is 1.44. The van der Waals surface area contributed by atoms with Crippen LogP contribution in [0.1, 0.15) is 34.1 Å². The summed E-state index contributed by atoms with van der Waals surface area (Å²) in [6.45, 7) is 2.00. The van der Waals surface area contributed by atoms with Crippen molar-refractivity contribution in [2.24, 2.45) is 11.7 Å². The average molecular weight is 374 g/mol. The van der Waals surface area contributed by atoms with Gasteiger partial charge in [0.15, 0.2) is 18.1 Å². The molecule has 0 radical (unpaired) electrons. The number of methoxy groups -OCH3 is 1. The van der Waals surface area contributed by atoms with E-state index >= 15 is 0 Å². The smallest absolute Gasteiger partial charge is 0.262 e. The highest BCUT2D eigenvalue weighted by Crippen LogP contribution is 2.39. The van der Waals surface area contributed by atoms with Crippen LogP contribution in [0.2, 0.25) is 0 Å². The Morgan fingerprint density at radius 3 is 2.73 bits per heavy atom. The Morgan fingerprint density at radius 1 is 1.31 bits per heavy atom. The second-order valence-electron chi connectivity index (χ2n) is 6.41. The van der Waals surface area contributed by atoms with Crippen molar-refractivity contribution in [3.63, 3.8) is 0 Å². The molecule has 3 rings (SSSR count). The van der Waals surface area contributed by atoms with Crippen LogP contribution >= 0.6 is 11.3 Å². The van der Waals surface area contributed by atoms with Crippen molar-refractivity contribution >= 4 is 28.2 Å². The zero-order chi connectivity index (χ0) is 18.7. The van der Waals surface area contributed by atoms with E-state index in [2.05, 4.69) is 12.2 Å². The first-order valence-electron chi connectivity index (χ1n) is 8.49. The number of carbonyl (C=O) groups excluding carboxylic acids is 2. The van der Waals surface area contributed by atoms with E-state index in [0.717, 1.165) is 29.7 Å². The molecule has 1 aliphatic carbocycles. The second kappa shape index (κ2) is 7.78. The number of fused-ring (bicyclic) bond motifs is 1. The lowest BCUT2D eigenvalue weighted by atomic mass is 9.88. The number of nitrogens with two attached hydrogens (primary N) is 1. The topological polar surface area (TPSA) is 90.7 Å². The van der Waals surface area contributed by atoms with Crippen LogP contribution in [0.3, 0.4) is 0 Å². The van der Waals surface area contributed by atoms with Gasteiger partial charge in [-0.1, -0.05) is 19.1 Å². The van der Waals surface area contributed by atoms with Crippen molar-refractivity contribution in [2.75, 3.05) is 19.0 Å². The van der Waals surface area contributed by atoms with Crippen molar-refractivity contribution in [1.82, 2.24) is 0 Å². The number of carbonyl (C=O) groups is 2. The van der Waals surface area contributed by atoms with Gasteiger partial charge in [-0.15, -0.1) is 11.3 Å². The van der Waals surface area contributed by atoms with Crippen LogP contribution in [0, 0.1) is 5.92 Å². The summed E-state index contributed by atoms with van der Waals surface area (Å²) in [4.78, 5) is 25.4. The molecule has 7 heteroatoms. The van der Waals surface area contributed by atoms with Crippen LogP contribution in [0.25, 0.3) is 0 Å². The summed E-state index contributed by atoms with van der Waals surface area (Å²) in [6, 6.07) is 7.11. The molecule has 3 N–H and O–H groups in total. The average Bonchev–Trinajstić information content (AvgIpc) is 2.97.